The summed E-state index contributed by atoms with van der Waals surface area (Å²) in [6, 6.07) is 9.55. The maximum absolute atomic E-state index is 13.0. The molecule has 7 nitrogen and oxygen atoms in total. The molecule has 8 heteroatoms. The highest BCUT2D eigenvalue weighted by Gasteiger charge is 2.22. The summed E-state index contributed by atoms with van der Waals surface area (Å²) >= 11 is 5.98. The van der Waals surface area contributed by atoms with Crippen molar-refractivity contribution >= 4 is 28.5 Å². The molecular formula is C18H15ClN2O5. The van der Waals surface area contributed by atoms with Crippen LogP contribution < -0.4 is 16.0 Å². The molecule has 1 unspecified atom stereocenters. The average Bonchev–Trinajstić information content (AvgIpc) is 2.62. The molecule has 0 aliphatic heterocycles. The second-order valence-corrected chi connectivity index (χ2v) is 6.10. The quantitative estimate of drug-likeness (QED) is 0.757. The summed E-state index contributed by atoms with van der Waals surface area (Å²) in [5, 5.41) is 9.88. The van der Waals surface area contributed by atoms with Gasteiger partial charge in [0.2, 0.25) is 0 Å². The van der Waals surface area contributed by atoms with Gasteiger partial charge in [0.15, 0.2) is 0 Å². The van der Waals surface area contributed by atoms with E-state index < -0.39 is 23.3 Å². The Morgan fingerprint density at radius 3 is 2.38 bits per heavy atom. The Morgan fingerprint density at radius 1 is 1.15 bits per heavy atom. The molecule has 0 aliphatic carbocycles. The van der Waals surface area contributed by atoms with Crippen LogP contribution in [0.25, 0.3) is 16.6 Å². The largest absolute Gasteiger partial charge is 0.497 e. The Hall–Kier alpha value is -3.06. The number of benzene rings is 2. The van der Waals surface area contributed by atoms with Gasteiger partial charge in [-0.2, -0.15) is 0 Å². The minimum atomic E-state index is -1.20. The summed E-state index contributed by atoms with van der Waals surface area (Å²) < 4.78 is 7.07. The molecule has 134 valence electrons. The van der Waals surface area contributed by atoms with Gasteiger partial charge in [-0.3, -0.25) is 9.36 Å². The fourth-order valence-corrected chi connectivity index (χ4v) is 2.91. The summed E-state index contributed by atoms with van der Waals surface area (Å²) in [5.74, 6) is -0.637. The maximum Gasteiger partial charge on any atom is 0.336 e. The first-order valence-corrected chi connectivity index (χ1v) is 8.07. The van der Waals surface area contributed by atoms with E-state index in [4.69, 9.17) is 16.3 Å². The van der Waals surface area contributed by atoms with Crippen molar-refractivity contribution in [2.45, 2.75) is 13.0 Å². The number of carboxylic acids is 1. The van der Waals surface area contributed by atoms with Gasteiger partial charge in [0.25, 0.3) is 5.56 Å². The van der Waals surface area contributed by atoms with Gasteiger partial charge in [0.05, 0.1) is 23.7 Å². The molecule has 3 aromatic rings. The number of carboxylic acid groups (broad SMARTS) is 1. The number of rotatable bonds is 4. The van der Waals surface area contributed by atoms with Gasteiger partial charge in [-0.25, -0.2) is 14.2 Å². The van der Waals surface area contributed by atoms with Crippen molar-refractivity contribution in [3.63, 3.8) is 0 Å². The van der Waals surface area contributed by atoms with E-state index in [2.05, 4.69) is 0 Å². The van der Waals surface area contributed by atoms with E-state index in [1.54, 1.807) is 24.3 Å². The number of ether oxygens (including phenoxy) is 1. The lowest BCUT2D eigenvalue weighted by Gasteiger charge is -2.17. The van der Waals surface area contributed by atoms with Crippen molar-refractivity contribution in [3.05, 3.63) is 68.3 Å². The third-order valence-electron chi connectivity index (χ3n) is 4.13. The second kappa shape index (κ2) is 6.68. The molecule has 26 heavy (non-hydrogen) atoms. The minimum Gasteiger partial charge on any atom is -0.497 e. The fourth-order valence-electron chi connectivity index (χ4n) is 2.75. The predicted octanol–water partition coefficient (Wildman–Crippen LogP) is 2.46. The number of hydrogen-bond acceptors (Lipinski definition) is 4. The van der Waals surface area contributed by atoms with Gasteiger partial charge in [0.1, 0.15) is 11.8 Å². The number of methoxy groups -OCH3 is 1. The van der Waals surface area contributed by atoms with Gasteiger partial charge in [0, 0.05) is 5.02 Å². The highest BCUT2D eigenvalue weighted by molar-refractivity contribution is 6.31. The Bertz CT molecular complexity index is 1120. The lowest BCUT2D eigenvalue weighted by atomic mass is 10.2. The number of carbonyl (C=O) groups is 1. The Labute approximate surface area is 152 Å². The van der Waals surface area contributed by atoms with E-state index in [0.717, 1.165) is 9.13 Å². The van der Waals surface area contributed by atoms with Crippen molar-refractivity contribution in [1.82, 2.24) is 9.13 Å². The standard InChI is InChI=1S/C18H15ClN2O5/c1-10(17(23)24)20-15-9-11(19)3-8-14(15)16(22)21(18(20)25)12-4-6-13(26-2)7-5-12/h3-10H,1-2H3,(H,23,24). The van der Waals surface area contributed by atoms with Gasteiger partial charge in [-0.1, -0.05) is 11.6 Å². The molecular weight excluding hydrogens is 360 g/mol. The van der Waals surface area contributed by atoms with E-state index >= 15 is 0 Å². The van der Waals surface area contributed by atoms with Crippen LogP contribution in [-0.2, 0) is 4.79 Å². The number of hydrogen-bond donors (Lipinski definition) is 1. The normalized spacial score (nSPS) is 12.1. The van der Waals surface area contributed by atoms with Crippen molar-refractivity contribution in [2.24, 2.45) is 0 Å². The Balaban J connectivity index is 2.44. The Kier molecular flexibility index (Phi) is 4.56. The van der Waals surface area contributed by atoms with Gasteiger partial charge < -0.3 is 9.84 Å². The second-order valence-electron chi connectivity index (χ2n) is 5.67. The minimum absolute atomic E-state index is 0.173. The van der Waals surface area contributed by atoms with Gasteiger partial charge in [-0.15, -0.1) is 0 Å². The molecule has 0 spiro atoms. The third kappa shape index (κ3) is 2.86. The van der Waals surface area contributed by atoms with E-state index in [9.17, 15) is 19.5 Å². The summed E-state index contributed by atoms with van der Waals surface area (Å²) in [6.45, 7) is 1.37. The van der Waals surface area contributed by atoms with Crippen molar-refractivity contribution in [2.75, 3.05) is 7.11 Å². The average molecular weight is 375 g/mol. The molecule has 2 aromatic carbocycles. The summed E-state index contributed by atoms with van der Waals surface area (Å²) in [4.78, 5) is 37.4. The van der Waals surface area contributed by atoms with Gasteiger partial charge >= 0.3 is 11.7 Å². The molecule has 0 fully saturated rings. The van der Waals surface area contributed by atoms with Crippen LogP contribution in [0.15, 0.2) is 52.1 Å². The van der Waals surface area contributed by atoms with E-state index in [-0.39, 0.29) is 10.9 Å². The van der Waals surface area contributed by atoms with Crippen LogP contribution in [0.4, 0.5) is 0 Å². The van der Waals surface area contributed by atoms with E-state index in [0.29, 0.717) is 16.5 Å². The van der Waals surface area contributed by atoms with Crippen LogP contribution >= 0.6 is 11.6 Å². The first-order valence-electron chi connectivity index (χ1n) is 7.69. The summed E-state index contributed by atoms with van der Waals surface area (Å²) in [6.07, 6.45) is 0. The Morgan fingerprint density at radius 2 is 1.81 bits per heavy atom. The van der Waals surface area contributed by atoms with Crippen LogP contribution in [0.2, 0.25) is 5.02 Å². The van der Waals surface area contributed by atoms with Crippen LogP contribution in [0, 0.1) is 0 Å². The lowest BCUT2D eigenvalue weighted by Crippen LogP contribution is -2.41. The van der Waals surface area contributed by atoms with Gasteiger partial charge in [-0.05, 0) is 49.4 Å². The first kappa shape index (κ1) is 17.8. The SMILES string of the molecule is COc1ccc(-n2c(=O)c3ccc(Cl)cc3n(C(C)C(=O)O)c2=O)cc1. The first-order chi connectivity index (χ1) is 12.3. The molecule has 1 aromatic heterocycles. The molecule has 0 amide bonds. The van der Waals surface area contributed by atoms with Crippen LogP contribution in [0.1, 0.15) is 13.0 Å². The molecule has 1 N–H and O–H groups in total. The van der Waals surface area contributed by atoms with Crippen molar-refractivity contribution in [3.8, 4) is 11.4 Å². The molecule has 3 rings (SSSR count). The zero-order valence-electron chi connectivity index (χ0n) is 14.0. The number of nitrogens with zero attached hydrogens (tertiary/aromatic N) is 2. The number of halogens is 1. The molecule has 0 bridgehead atoms. The highest BCUT2D eigenvalue weighted by Crippen LogP contribution is 2.20. The maximum atomic E-state index is 13.0. The fraction of sp³-hybridized carbons (Fsp3) is 0.167. The zero-order valence-corrected chi connectivity index (χ0v) is 14.7. The van der Waals surface area contributed by atoms with Crippen LogP contribution in [0.5, 0.6) is 5.75 Å². The third-order valence-corrected chi connectivity index (χ3v) is 4.36. The number of aliphatic carboxylic acids is 1. The topological polar surface area (TPSA) is 90.5 Å². The lowest BCUT2D eigenvalue weighted by molar-refractivity contribution is -0.140. The summed E-state index contributed by atoms with van der Waals surface area (Å²) in [5.41, 5.74) is -0.832. The summed E-state index contributed by atoms with van der Waals surface area (Å²) in [7, 11) is 1.50. The smallest absolute Gasteiger partial charge is 0.336 e. The number of aromatic nitrogens is 2. The molecule has 1 heterocycles. The van der Waals surface area contributed by atoms with E-state index in [1.807, 2.05) is 0 Å². The molecule has 0 saturated carbocycles. The predicted molar refractivity (Wildman–Crippen MR) is 97.7 cm³/mol. The molecule has 1 atom stereocenters. The van der Waals surface area contributed by atoms with Crippen molar-refractivity contribution < 1.29 is 14.6 Å². The van der Waals surface area contributed by atoms with E-state index in [1.165, 1.54) is 32.2 Å². The highest BCUT2D eigenvalue weighted by atomic mass is 35.5. The van der Waals surface area contributed by atoms with Crippen molar-refractivity contribution in [1.29, 1.82) is 0 Å². The van der Waals surface area contributed by atoms with Crippen LogP contribution in [0.3, 0.4) is 0 Å². The number of fused-ring (bicyclic) bond motifs is 1. The molecule has 0 radical (unpaired) electrons. The monoisotopic (exact) mass is 374 g/mol. The van der Waals surface area contributed by atoms with Crippen LogP contribution in [-0.4, -0.2) is 27.3 Å². The zero-order chi connectivity index (χ0) is 19.0. The molecule has 0 saturated heterocycles. The molecule has 0 aliphatic rings.